The SMILES string of the molecule is O=C(C(=CCl)CBr)c1ccccc1. The van der Waals surface area contributed by atoms with Crippen LogP contribution in [0.3, 0.4) is 0 Å². The van der Waals surface area contributed by atoms with Gasteiger partial charge in [0.05, 0.1) is 0 Å². The topological polar surface area (TPSA) is 17.1 Å². The van der Waals surface area contributed by atoms with Crippen molar-refractivity contribution in [3.63, 3.8) is 0 Å². The van der Waals surface area contributed by atoms with Crippen LogP contribution in [0.25, 0.3) is 0 Å². The Kier molecular flexibility index (Phi) is 4.19. The Labute approximate surface area is 90.5 Å². The van der Waals surface area contributed by atoms with Gasteiger partial charge < -0.3 is 0 Å². The summed E-state index contributed by atoms with van der Waals surface area (Å²) in [6, 6.07) is 9.06. The number of carbonyl (C=O) groups is 1. The highest BCUT2D eigenvalue weighted by Gasteiger charge is 2.09. The summed E-state index contributed by atoms with van der Waals surface area (Å²) < 4.78 is 0. The van der Waals surface area contributed by atoms with Crippen LogP contribution in [0.2, 0.25) is 0 Å². The molecule has 0 spiro atoms. The summed E-state index contributed by atoms with van der Waals surface area (Å²) in [7, 11) is 0. The first-order valence-electron chi connectivity index (χ1n) is 3.74. The summed E-state index contributed by atoms with van der Waals surface area (Å²) in [4.78, 5) is 11.6. The first-order valence-corrected chi connectivity index (χ1v) is 5.30. The van der Waals surface area contributed by atoms with Crippen LogP contribution < -0.4 is 0 Å². The Morgan fingerprint density at radius 1 is 1.38 bits per heavy atom. The molecular weight excluding hydrogens is 251 g/mol. The number of Topliss-reactive ketones (excluding diaryl/α,β-unsaturated/α-hetero) is 1. The van der Waals surface area contributed by atoms with E-state index in [1.807, 2.05) is 18.2 Å². The van der Waals surface area contributed by atoms with Gasteiger partial charge in [0.15, 0.2) is 5.78 Å². The summed E-state index contributed by atoms with van der Waals surface area (Å²) in [5.41, 5.74) is 2.53. The quantitative estimate of drug-likeness (QED) is 0.462. The second-order valence-electron chi connectivity index (χ2n) is 2.46. The second kappa shape index (κ2) is 5.20. The zero-order valence-electron chi connectivity index (χ0n) is 6.84. The second-order valence-corrected chi connectivity index (χ2v) is 3.24. The van der Waals surface area contributed by atoms with Gasteiger partial charge in [0.2, 0.25) is 0 Å². The van der Waals surface area contributed by atoms with Gasteiger partial charge in [-0.15, -0.1) is 0 Å². The maximum absolute atomic E-state index is 11.6. The third-order valence-electron chi connectivity index (χ3n) is 1.60. The molecule has 0 N–H and O–H groups in total. The fourth-order valence-corrected chi connectivity index (χ4v) is 1.69. The summed E-state index contributed by atoms with van der Waals surface area (Å²) in [5.74, 6) is -0.0347. The Morgan fingerprint density at radius 3 is 2.46 bits per heavy atom. The molecule has 0 bridgehead atoms. The van der Waals surface area contributed by atoms with Crippen molar-refractivity contribution in [1.82, 2.24) is 0 Å². The van der Waals surface area contributed by atoms with Crippen molar-refractivity contribution in [3.8, 4) is 0 Å². The number of alkyl halides is 1. The van der Waals surface area contributed by atoms with E-state index in [9.17, 15) is 4.79 Å². The van der Waals surface area contributed by atoms with Gasteiger partial charge in [0.25, 0.3) is 0 Å². The zero-order valence-corrected chi connectivity index (χ0v) is 9.18. The van der Waals surface area contributed by atoms with Crippen LogP contribution in [-0.2, 0) is 0 Å². The van der Waals surface area contributed by atoms with Crippen LogP contribution in [0.1, 0.15) is 10.4 Å². The molecule has 0 fully saturated rings. The van der Waals surface area contributed by atoms with E-state index in [2.05, 4.69) is 15.9 Å². The molecule has 0 aliphatic heterocycles. The number of carbonyl (C=O) groups excluding carboxylic acids is 1. The van der Waals surface area contributed by atoms with Gasteiger partial charge in [-0.2, -0.15) is 0 Å². The van der Waals surface area contributed by atoms with Crippen LogP contribution in [0.4, 0.5) is 0 Å². The van der Waals surface area contributed by atoms with E-state index in [-0.39, 0.29) is 5.78 Å². The molecule has 0 aromatic heterocycles. The van der Waals surface area contributed by atoms with Crippen molar-refractivity contribution in [2.24, 2.45) is 0 Å². The molecule has 1 nitrogen and oxygen atoms in total. The minimum absolute atomic E-state index is 0.0347. The predicted octanol–water partition coefficient (Wildman–Crippen LogP) is 3.39. The fourth-order valence-electron chi connectivity index (χ4n) is 0.914. The van der Waals surface area contributed by atoms with Gasteiger partial charge in [-0.05, 0) is 0 Å². The lowest BCUT2D eigenvalue weighted by molar-refractivity contribution is 0.103. The van der Waals surface area contributed by atoms with Gasteiger partial charge in [-0.1, -0.05) is 57.9 Å². The molecule has 0 radical (unpaired) electrons. The highest BCUT2D eigenvalue weighted by atomic mass is 79.9. The van der Waals surface area contributed by atoms with Gasteiger partial charge >= 0.3 is 0 Å². The standard InChI is InChI=1S/C10H8BrClO/c11-6-9(7-12)10(13)8-4-2-1-3-5-8/h1-5,7H,6H2. The molecule has 0 aliphatic carbocycles. The fraction of sp³-hybridized carbons (Fsp3) is 0.100. The Bertz CT molecular complexity index is 319. The molecule has 0 saturated carbocycles. The maximum Gasteiger partial charge on any atom is 0.190 e. The van der Waals surface area contributed by atoms with E-state index in [0.29, 0.717) is 16.5 Å². The highest BCUT2D eigenvalue weighted by molar-refractivity contribution is 9.09. The lowest BCUT2D eigenvalue weighted by Gasteiger charge is -2.00. The number of hydrogen-bond acceptors (Lipinski definition) is 1. The van der Waals surface area contributed by atoms with Crippen LogP contribution in [0.15, 0.2) is 41.4 Å². The van der Waals surface area contributed by atoms with Crippen molar-refractivity contribution in [2.75, 3.05) is 5.33 Å². The van der Waals surface area contributed by atoms with Gasteiger partial charge in [0, 0.05) is 22.0 Å². The van der Waals surface area contributed by atoms with E-state index < -0.39 is 0 Å². The summed E-state index contributed by atoms with van der Waals surface area (Å²) in [6.07, 6.45) is 0. The van der Waals surface area contributed by atoms with E-state index in [0.717, 1.165) is 0 Å². The monoisotopic (exact) mass is 258 g/mol. The van der Waals surface area contributed by atoms with Gasteiger partial charge in [-0.25, -0.2) is 0 Å². The van der Waals surface area contributed by atoms with Crippen molar-refractivity contribution in [1.29, 1.82) is 0 Å². The van der Waals surface area contributed by atoms with Crippen molar-refractivity contribution in [3.05, 3.63) is 47.0 Å². The largest absolute Gasteiger partial charge is 0.289 e. The lowest BCUT2D eigenvalue weighted by atomic mass is 10.1. The van der Waals surface area contributed by atoms with E-state index in [1.54, 1.807) is 12.1 Å². The number of halogens is 2. The molecule has 13 heavy (non-hydrogen) atoms. The molecule has 1 aromatic rings. The van der Waals surface area contributed by atoms with Crippen LogP contribution in [-0.4, -0.2) is 11.1 Å². The van der Waals surface area contributed by atoms with E-state index in [1.165, 1.54) is 5.54 Å². The van der Waals surface area contributed by atoms with Crippen molar-refractivity contribution < 1.29 is 4.79 Å². The molecule has 0 aliphatic rings. The average molecular weight is 260 g/mol. The zero-order chi connectivity index (χ0) is 9.68. The molecule has 0 saturated heterocycles. The molecule has 1 rings (SSSR count). The molecule has 0 atom stereocenters. The minimum atomic E-state index is -0.0347. The number of allylic oxidation sites excluding steroid dienone is 1. The third kappa shape index (κ3) is 2.68. The van der Waals surface area contributed by atoms with Gasteiger partial charge in [-0.3, -0.25) is 4.79 Å². The molecular formula is C10H8BrClO. The van der Waals surface area contributed by atoms with Crippen molar-refractivity contribution >= 4 is 33.3 Å². The predicted molar refractivity (Wildman–Crippen MR) is 58.5 cm³/mol. The smallest absolute Gasteiger partial charge is 0.190 e. The summed E-state index contributed by atoms with van der Waals surface area (Å²) >= 11 is 8.70. The normalized spacial score (nSPS) is 11.4. The minimum Gasteiger partial charge on any atom is -0.289 e. The number of ketones is 1. The maximum atomic E-state index is 11.6. The number of rotatable bonds is 3. The third-order valence-corrected chi connectivity index (χ3v) is 2.47. The first-order chi connectivity index (χ1) is 6.29. The van der Waals surface area contributed by atoms with E-state index in [4.69, 9.17) is 11.6 Å². The molecule has 68 valence electrons. The lowest BCUT2D eigenvalue weighted by Crippen LogP contribution is -2.03. The molecule has 0 amide bonds. The Balaban J connectivity index is 2.92. The summed E-state index contributed by atoms with van der Waals surface area (Å²) in [6.45, 7) is 0. The van der Waals surface area contributed by atoms with Crippen LogP contribution in [0.5, 0.6) is 0 Å². The molecule has 3 heteroatoms. The van der Waals surface area contributed by atoms with Crippen molar-refractivity contribution in [2.45, 2.75) is 0 Å². The van der Waals surface area contributed by atoms with Gasteiger partial charge in [0.1, 0.15) is 0 Å². The highest BCUT2D eigenvalue weighted by Crippen LogP contribution is 2.11. The van der Waals surface area contributed by atoms with E-state index >= 15 is 0 Å². The average Bonchev–Trinajstić information content (AvgIpc) is 2.21. The summed E-state index contributed by atoms with van der Waals surface area (Å²) in [5, 5.41) is 0.476. The molecule has 0 unspecified atom stereocenters. The van der Waals surface area contributed by atoms with Crippen LogP contribution >= 0.6 is 27.5 Å². The van der Waals surface area contributed by atoms with Crippen LogP contribution in [0, 0.1) is 0 Å². The molecule has 0 heterocycles. The first kappa shape index (κ1) is 10.5. The number of benzene rings is 1. The number of hydrogen-bond donors (Lipinski definition) is 0. The Hall–Kier alpha value is -0.600. The Morgan fingerprint density at radius 2 is 2.00 bits per heavy atom. The molecule has 1 aromatic carbocycles.